The fourth-order valence-corrected chi connectivity index (χ4v) is 1.94. The van der Waals surface area contributed by atoms with Gasteiger partial charge in [-0.15, -0.1) is 0 Å². The first-order valence-corrected chi connectivity index (χ1v) is 5.45. The summed E-state index contributed by atoms with van der Waals surface area (Å²) in [5.74, 6) is 0.0308. The van der Waals surface area contributed by atoms with Gasteiger partial charge in [-0.25, -0.2) is 0 Å². The number of aromatic nitrogens is 1. The molecule has 2 rings (SSSR count). The second-order valence-corrected chi connectivity index (χ2v) is 3.93. The Morgan fingerprint density at radius 1 is 1.69 bits per heavy atom. The molecule has 0 aliphatic carbocycles. The third kappa shape index (κ3) is 2.39. The molecule has 2 heterocycles. The van der Waals surface area contributed by atoms with Gasteiger partial charge in [0.2, 0.25) is 0 Å². The number of piperidine rings is 1. The molecule has 1 fully saturated rings. The fraction of sp³-hybridized carbons (Fsp3) is 0.500. The molecule has 0 aromatic carbocycles. The first kappa shape index (κ1) is 11.1. The minimum atomic E-state index is 0.0308. The summed E-state index contributed by atoms with van der Waals surface area (Å²) in [6.07, 6.45) is 6.41. The highest BCUT2D eigenvalue weighted by Crippen LogP contribution is 2.14. The number of amides is 1. The van der Waals surface area contributed by atoms with Crippen molar-refractivity contribution < 1.29 is 9.53 Å². The summed E-state index contributed by atoms with van der Waals surface area (Å²) < 4.78 is 5.29. The number of carbonyl (C=O) groups excluding carboxylic acids is 1. The molecule has 1 aromatic heterocycles. The van der Waals surface area contributed by atoms with Crippen molar-refractivity contribution in [2.45, 2.75) is 18.9 Å². The van der Waals surface area contributed by atoms with Gasteiger partial charge in [0.05, 0.1) is 17.9 Å². The van der Waals surface area contributed by atoms with Crippen LogP contribution in [-0.2, 0) is 4.74 Å². The van der Waals surface area contributed by atoms with Crippen molar-refractivity contribution in [1.82, 2.24) is 9.88 Å². The molecule has 0 spiro atoms. The van der Waals surface area contributed by atoms with Gasteiger partial charge in [-0.05, 0) is 25.0 Å². The molecular formula is C12H15N2O2. The summed E-state index contributed by atoms with van der Waals surface area (Å²) >= 11 is 0. The van der Waals surface area contributed by atoms with E-state index in [2.05, 4.69) is 11.2 Å². The second kappa shape index (κ2) is 5.07. The fourth-order valence-electron chi connectivity index (χ4n) is 1.94. The Morgan fingerprint density at radius 3 is 3.25 bits per heavy atom. The van der Waals surface area contributed by atoms with Crippen molar-refractivity contribution in [3.63, 3.8) is 0 Å². The van der Waals surface area contributed by atoms with E-state index in [1.165, 1.54) is 0 Å². The van der Waals surface area contributed by atoms with Crippen LogP contribution in [0.4, 0.5) is 0 Å². The SMILES string of the molecule is COC1CCCN(C(=O)c2cc[c]nc2)C1. The number of rotatable bonds is 2. The first-order chi connectivity index (χ1) is 7.81. The third-order valence-corrected chi connectivity index (χ3v) is 2.86. The topological polar surface area (TPSA) is 42.4 Å². The largest absolute Gasteiger partial charge is 0.380 e. The quantitative estimate of drug-likeness (QED) is 0.749. The van der Waals surface area contributed by atoms with Crippen LogP contribution in [0.15, 0.2) is 18.3 Å². The molecule has 1 aromatic rings. The molecule has 4 nitrogen and oxygen atoms in total. The molecule has 4 heteroatoms. The second-order valence-electron chi connectivity index (χ2n) is 3.93. The molecular weight excluding hydrogens is 204 g/mol. The molecule has 1 aliphatic heterocycles. The zero-order valence-corrected chi connectivity index (χ0v) is 9.35. The average Bonchev–Trinajstić information content (AvgIpc) is 2.39. The zero-order chi connectivity index (χ0) is 11.4. The normalized spacial score (nSPS) is 20.8. The van der Waals surface area contributed by atoms with E-state index in [0.717, 1.165) is 19.4 Å². The molecule has 0 saturated carbocycles. The molecule has 85 valence electrons. The Labute approximate surface area is 95.2 Å². The first-order valence-electron chi connectivity index (χ1n) is 5.45. The Bertz CT molecular complexity index is 353. The minimum absolute atomic E-state index is 0.0308. The van der Waals surface area contributed by atoms with Gasteiger partial charge in [-0.1, -0.05) is 0 Å². The number of methoxy groups -OCH3 is 1. The van der Waals surface area contributed by atoms with Crippen LogP contribution in [0.5, 0.6) is 0 Å². The van der Waals surface area contributed by atoms with E-state index in [9.17, 15) is 4.79 Å². The van der Waals surface area contributed by atoms with Gasteiger partial charge in [0, 0.05) is 26.4 Å². The van der Waals surface area contributed by atoms with Crippen LogP contribution >= 0.6 is 0 Å². The van der Waals surface area contributed by atoms with Gasteiger partial charge < -0.3 is 9.64 Å². The lowest BCUT2D eigenvalue weighted by molar-refractivity contribution is 0.0268. The number of likely N-dealkylation sites (tertiary alicyclic amines) is 1. The van der Waals surface area contributed by atoms with E-state index in [1.807, 2.05) is 4.90 Å². The average molecular weight is 219 g/mol. The summed E-state index contributed by atoms with van der Waals surface area (Å²) in [5.41, 5.74) is 0.621. The molecule has 1 radical (unpaired) electrons. The third-order valence-electron chi connectivity index (χ3n) is 2.86. The number of hydrogen-bond donors (Lipinski definition) is 0. The van der Waals surface area contributed by atoms with Crippen LogP contribution < -0.4 is 0 Å². The Balaban J connectivity index is 2.05. The maximum atomic E-state index is 12.1. The van der Waals surface area contributed by atoms with E-state index < -0.39 is 0 Å². The molecule has 0 N–H and O–H groups in total. The molecule has 0 bridgehead atoms. The van der Waals surface area contributed by atoms with Crippen molar-refractivity contribution in [3.8, 4) is 0 Å². The Kier molecular flexibility index (Phi) is 3.51. The molecule has 16 heavy (non-hydrogen) atoms. The van der Waals surface area contributed by atoms with Gasteiger partial charge in [-0.3, -0.25) is 9.78 Å². The maximum Gasteiger partial charge on any atom is 0.255 e. The molecule has 1 unspecified atom stereocenters. The van der Waals surface area contributed by atoms with Crippen LogP contribution in [0.2, 0.25) is 0 Å². The lowest BCUT2D eigenvalue weighted by Crippen LogP contribution is -2.42. The molecule has 1 saturated heterocycles. The predicted molar refractivity (Wildman–Crippen MR) is 59.0 cm³/mol. The molecule has 1 atom stereocenters. The standard InChI is InChI=1S/C12H15N2O2/c1-16-11-5-3-7-14(9-11)12(15)10-4-2-6-13-8-10/h2,4,8,11H,3,5,7,9H2,1H3. The summed E-state index contributed by atoms with van der Waals surface area (Å²) in [6.45, 7) is 1.48. The van der Waals surface area contributed by atoms with Crippen LogP contribution in [0.1, 0.15) is 23.2 Å². The number of ether oxygens (including phenoxy) is 1. The number of hydrogen-bond acceptors (Lipinski definition) is 3. The van der Waals surface area contributed by atoms with Gasteiger partial charge in [0.1, 0.15) is 0 Å². The highest BCUT2D eigenvalue weighted by Gasteiger charge is 2.24. The smallest absolute Gasteiger partial charge is 0.255 e. The summed E-state index contributed by atoms with van der Waals surface area (Å²) in [7, 11) is 1.69. The van der Waals surface area contributed by atoms with Gasteiger partial charge in [0.15, 0.2) is 0 Å². The monoisotopic (exact) mass is 219 g/mol. The predicted octanol–water partition coefficient (Wildman–Crippen LogP) is 1.13. The Hall–Kier alpha value is -1.42. The van der Waals surface area contributed by atoms with Crippen molar-refractivity contribution in [2.75, 3.05) is 20.2 Å². The van der Waals surface area contributed by atoms with Crippen LogP contribution in [-0.4, -0.2) is 42.1 Å². The lowest BCUT2D eigenvalue weighted by Gasteiger charge is -2.31. The zero-order valence-electron chi connectivity index (χ0n) is 9.35. The van der Waals surface area contributed by atoms with Crippen molar-refractivity contribution in [2.24, 2.45) is 0 Å². The van der Waals surface area contributed by atoms with Crippen LogP contribution in [0, 0.1) is 6.20 Å². The van der Waals surface area contributed by atoms with Crippen molar-refractivity contribution in [3.05, 3.63) is 30.1 Å². The lowest BCUT2D eigenvalue weighted by atomic mass is 10.1. The maximum absolute atomic E-state index is 12.1. The van der Waals surface area contributed by atoms with Gasteiger partial charge >= 0.3 is 0 Å². The van der Waals surface area contributed by atoms with Crippen molar-refractivity contribution >= 4 is 5.91 Å². The minimum Gasteiger partial charge on any atom is -0.380 e. The van der Waals surface area contributed by atoms with E-state index >= 15 is 0 Å². The van der Waals surface area contributed by atoms with Crippen molar-refractivity contribution in [1.29, 1.82) is 0 Å². The number of nitrogens with zero attached hydrogens (tertiary/aromatic N) is 2. The van der Waals surface area contributed by atoms with Gasteiger partial charge in [0.25, 0.3) is 5.91 Å². The highest BCUT2D eigenvalue weighted by molar-refractivity contribution is 5.93. The highest BCUT2D eigenvalue weighted by atomic mass is 16.5. The summed E-state index contributed by atoms with van der Waals surface area (Å²) in [4.78, 5) is 17.7. The summed E-state index contributed by atoms with van der Waals surface area (Å²) in [6, 6.07) is 3.40. The van der Waals surface area contributed by atoms with Crippen LogP contribution in [0.3, 0.4) is 0 Å². The molecule has 1 aliphatic rings. The summed E-state index contributed by atoms with van der Waals surface area (Å²) in [5, 5.41) is 0. The number of pyridine rings is 1. The van der Waals surface area contributed by atoms with Gasteiger partial charge in [-0.2, -0.15) is 0 Å². The van der Waals surface area contributed by atoms with E-state index in [-0.39, 0.29) is 12.0 Å². The number of carbonyl (C=O) groups is 1. The molecule has 1 amide bonds. The van der Waals surface area contributed by atoms with E-state index in [4.69, 9.17) is 4.74 Å². The van der Waals surface area contributed by atoms with Crippen LogP contribution in [0.25, 0.3) is 0 Å². The van der Waals surface area contributed by atoms with E-state index in [0.29, 0.717) is 12.1 Å². The van der Waals surface area contributed by atoms with E-state index in [1.54, 1.807) is 25.4 Å². The Morgan fingerprint density at radius 2 is 2.56 bits per heavy atom.